The van der Waals surface area contributed by atoms with Crippen LogP contribution < -0.4 is 5.46 Å². The molecule has 0 aliphatic carbocycles. The molecule has 0 aliphatic rings. The highest BCUT2D eigenvalue weighted by Crippen LogP contribution is 2.02. The molecule has 0 atom stereocenters. The Balaban J connectivity index is 2.99. The average Bonchev–Trinajstić information content (AvgIpc) is 2.09. The van der Waals surface area contributed by atoms with E-state index in [1.165, 1.54) is 12.1 Å². The molecule has 0 saturated heterocycles. The average molecular weight is 178 g/mol. The summed E-state index contributed by atoms with van der Waals surface area (Å²) in [6, 6.07) is 3.59. The first-order valence-electron chi connectivity index (χ1n) is 3.87. The lowest BCUT2D eigenvalue weighted by Gasteiger charge is -2.04. The molecule has 13 heavy (non-hydrogen) atoms. The van der Waals surface area contributed by atoms with Gasteiger partial charge in [-0.15, -0.1) is 0 Å². The van der Waals surface area contributed by atoms with Crippen LogP contribution in [-0.4, -0.2) is 20.4 Å². The maximum Gasteiger partial charge on any atom is 0.337 e. The number of rotatable bonds is 2. The maximum atomic E-state index is 12.7. The molecule has 1 rings (SSSR count). The Kier molecular flexibility index (Phi) is 3.06. The molecule has 4 heteroatoms. The lowest BCUT2D eigenvalue weighted by atomic mass is 9.90. The van der Waals surface area contributed by atoms with E-state index in [0.717, 1.165) is 6.07 Å². The molecule has 2 radical (unpaired) electrons. The number of carbonyl (C=O) groups is 1. The SMILES string of the molecule is [B]c1ccc(F)cc1C(=O)OCC. The summed E-state index contributed by atoms with van der Waals surface area (Å²) in [7, 11) is 5.45. The standard InChI is InChI=1S/C9H8BFO2/c1-2-13-9(12)7-5-6(11)3-4-8(7)10/h3-5H,2H2,1H3. The Labute approximate surface area is 77.1 Å². The van der Waals surface area contributed by atoms with Gasteiger partial charge in [0.25, 0.3) is 0 Å². The van der Waals surface area contributed by atoms with Crippen molar-refractivity contribution in [3.05, 3.63) is 29.6 Å². The van der Waals surface area contributed by atoms with Gasteiger partial charge in [-0.05, 0) is 19.1 Å². The largest absolute Gasteiger partial charge is 0.462 e. The summed E-state index contributed by atoms with van der Waals surface area (Å²) in [5, 5.41) is 0. The highest BCUT2D eigenvalue weighted by atomic mass is 19.1. The molecule has 0 heterocycles. The minimum atomic E-state index is -0.598. The van der Waals surface area contributed by atoms with Gasteiger partial charge >= 0.3 is 5.97 Å². The summed E-state index contributed by atoms with van der Waals surface area (Å²) < 4.78 is 17.4. The first-order valence-corrected chi connectivity index (χ1v) is 3.87. The molecule has 0 fully saturated rings. The monoisotopic (exact) mass is 178 g/mol. The summed E-state index contributed by atoms with van der Waals surface area (Å²) in [6.07, 6.45) is 0. The van der Waals surface area contributed by atoms with Crippen molar-refractivity contribution < 1.29 is 13.9 Å². The van der Waals surface area contributed by atoms with Crippen LogP contribution in [0.5, 0.6) is 0 Å². The van der Waals surface area contributed by atoms with E-state index in [0.29, 0.717) is 0 Å². The van der Waals surface area contributed by atoms with Crippen LogP contribution in [0.25, 0.3) is 0 Å². The van der Waals surface area contributed by atoms with Gasteiger partial charge in [-0.25, -0.2) is 9.18 Å². The smallest absolute Gasteiger partial charge is 0.337 e. The quantitative estimate of drug-likeness (QED) is 0.494. The molecule has 2 nitrogen and oxygen atoms in total. The van der Waals surface area contributed by atoms with E-state index in [2.05, 4.69) is 4.74 Å². The van der Waals surface area contributed by atoms with Crippen LogP contribution in [0.4, 0.5) is 4.39 Å². The van der Waals surface area contributed by atoms with Gasteiger partial charge in [0.15, 0.2) is 0 Å². The topological polar surface area (TPSA) is 26.3 Å². The van der Waals surface area contributed by atoms with Gasteiger partial charge in [-0.2, -0.15) is 0 Å². The molecule has 0 aliphatic heterocycles. The lowest BCUT2D eigenvalue weighted by Crippen LogP contribution is -2.18. The number of ether oxygens (including phenoxy) is 1. The Morgan fingerprint density at radius 2 is 2.31 bits per heavy atom. The zero-order valence-corrected chi connectivity index (χ0v) is 7.21. The number of benzene rings is 1. The van der Waals surface area contributed by atoms with Gasteiger partial charge in [0.1, 0.15) is 13.7 Å². The normalized spacial score (nSPS) is 9.69. The molecule has 0 saturated carbocycles. The van der Waals surface area contributed by atoms with E-state index in [9.17, 15) is 9.18 Å². The highest BCUT2D eigenvalue weighted by Gasteiger charge is 2.09. The predicted molar refractivity (Wildman–Crippen MR) is 47.7 cm³/mol. The predicted octanol–water partition coefficient (Wildman–Crippen LogP) is 0.796. The first-order chi connectivity index (χ1) is 6.15. The minimum absolute atomic E-state index is 0.0712. The van der Waals surface area contributed by atoms with E-state index >= 15 is 0 Å². The molecule has 1 aromatic carbocycles. The van der Waals surface area contributed by atoms with Crippen molar-refractivity contribution in [1.29, 1.82) is 0 Å². The zero-order valence-electron chi connectivity index (χ0n) is 7.21. The van der Waals surface area contributed by atoms with E-state index in [-0.39, 0.29) is 17.6 Å². The Bertz CT molecular complexity index is 325. The number of hydrogen-bond donors (Lipinski definition) is 0. The fourth-order valence-electron chi connectivity index (χ4n) is 0.914. The third-order valence-corrected chi connectivity index (χ3v) is 1.51. The van der Waals surface area contributed by atoms with E-state index < -0.39 is 11.8 Å². The Hall–Kier alpha value is -1.32. The third-order valence-electron chi connectivity index (χ3n) is 1.51. The second kappa shape index (κ2) is 4.07. The van der Waals surface area contributed by atoms with Crippen molar-refractivity contribution in [2.75, 3.05) is 6.61 Å². The van der Waals surface area contributed by atoms with Gasteiger partial charge < -0.3 is 4.74 Å². The van der Waals surface area contributed by atoms with Gasteiger partial charge in [-0.1, -0.05) is 11.5 Å². The molecular formula is C9H8BFO2. The number of esters is 1. The Morgan fingerprint density at radius 3 is 2.92 bits per heavy atom. The fraction of sp³-hybridized carbons (Fsp3) is 0.222. The van der Waals surface area contributed by atoms with Crippen molar-refractivity contribution >= 4 is 19.3 Å². The van der Waals surface area contributed by atoms with Gasteiger partial charge in [0.05, 0.1) is 12.2 Å². The van der Waals surface area contributed by atoms with Crippen LogP contribution in [0, 0.1) is 5.82 Å². The van der Waals surface area contributed by atoms with Gasteiger partial charge in [0.2, 0.25) is 0 Å². The van der Waals surface area contributed by atoms with Crippen LogP contribution in [0.3, 0.4) is 0 Å². The molecular weight excluding hydrogens is 170 g/mol. The summed E-state index contributed by atoms with van der Waals surface area (Å²) in [4.78, 5) is 11.1. The number of carbonyl (C=O) groups excluding carboxylic acids is 1. The summed E-state index contributed by atoms with van der Waals surface area (Å²) >= 11 is 0. The van der Waals surface area contributed by atoms with Crippen molar-refractivity contribution in [3.63, 3.8) is 0 Å². The molecule has 0 N–H and O–H groups in total. The van der Waals surface area contributed by atoms with Crippen LogP contribution in [-0.2, 0) is 4.74 Å². The summed E-state index contributed by atoms with van der Waals surface area (Å²) in [5.74, 6) is -1.10. The molecule has 0 aromatic heterocycles. The minimum Gasteiger partial charge on any atom is -0.462 e. The lowest BCUT2D eigenvalue weighted by molar-refractivity contribution is 0.0527. The van der Waals surface area contributed by atoms with Gasteiger partial charge in [-0.3, -0.25) is 0 Å². The van der Waals surface area contributed by atoms with Crippen molar-refractivity contribution in [2.45, 2.75) is 6.92 Å². The molecule has 66 valence electrons. The highest BCUT2D eigenvalue weighted by molar-refractivity contribution is 6.36. The first kappa shape index (κ1) is 9.77. The maximum absolute atomic E-state index is 12.7. The fourth-order valence-corrected chi connectivity index (χ4v) is 0.914. The van der Waals surface area contributed by atoms with E-state index in [1.807, 2.05) is 0 Å². The van der Waals surface area contributed by atoms with Crippen LogP contribution in [0.15, 0.2) is 18.2 Å². The number of halogens is 1. The van der Waals surface area contributed by atoms with Crippen LogP contribution in [0.2, 0.25) is 0 Å². The second-order valence-corrected chi connectivity index (χ2v) is 2.45. The number of hydrogen-bond acceptors (Lipinski definition) is 2. The van der Waals surface area contributed by atoms with Crippen molar-refractivity contribution in [1.82, 2.24) is 0 Å². The molecule has 0 bridgehead atoms. The van der Waals surface area contributed by atoms with Crippen LogP contribution in [0.1, 0.15) is 17.3 Å². The molecule has 0 amide bonds. The van der Waals surface area contributed by atoms with Crippen LogP contribution >= 0.6 is 0 Å². The molecule has 0 unspecified atom stereocenters. The summed E-state index contributed by atoms with van der Waals surface area (Å²) in [6.45, 7) is 1.92. The van der Waals surface area contributed by atoms with Gasteiger partial charge in [0, 0.05) is 0 Å². The molecule has 1 aromatic rings. The van der Waals surface area contributed by atoms with E-state index in [1.54, 1.807) is 6.92 Å². The van der Waals surface area contributed by atoms with E-state index in [4.69, 9.17) is 7.85 Å². The summed E-state index contributed by atoms with van der Waals surface area (Å²) in [5.41, 5.74) is 0.293. The third kappa shape index (κ3) is 2.31. The zero-order chi connectivity index (χ0) is 9.84. The molecule has 0 spiro atoms. The van der Waals surface area contributed by atoms with Crippen molar-refractivity contribution in [2.24, 2.45) is 0 Å². The van der Waals surface area contributed by atoms with Crippen molar-refractivity contribution in [3.8, 4) is 0 Å². The Morgan fingerprint density at radius 1 is 1.62 bits per heavy atom. The second-order valence-electron chi connectivity index (χ2n) is 2.45.